The zero-order valence-electron chi connectivity index (χ0n) is 15.0. The number of allylic oxidation sites excluding steroid dienone is 1. The van der Waals surface area contributed by atoms with Crippen LogP contribution in [-0.4, -0.2) is 60.5 Å². The van der Waals surface area contributed by atoms with Gasteiger partial charge in [0.1, 0.15) is 12.8 Å². The van der Waals surface area contributed by atoms with E-state index in [4.69, 9.17) is 17.4 Å². The van der Waals surface area contributed by atoms with E-state index in [9.17, 15) is 10.1 Å². The van der Waals surface area contributed by atoms with E-state index >= 15 is 0 Å². The van der Waals surface area contributed by atoms with E-state index in [0.29, 0.717) is 56.2 Å². The van der Waals surface area contributed by atoms with Crippen LogP contribution in [0.4, 0.5) is 4.79 Å². The van der Waals surface area contributed by atoms with Crippen molar-refractivity contribution in [3.8, 4) is 6.07 Å². The monoisotopic (exact) mass is 385 g/mol. The topological polar surface area (TPSA) is 99.7 Å². The van der Waals surface area contributed by atoms with Gasteiger partial charge in [0.25, 0.3) is 0 Å². The lowest BCUT2D eigenvalue weighted by Crippen LogP contribution is -2.80. The molecule has 2 aliphatic rings. The molecule has 1 saturated heterocycles. The van der Waals surface area contributed by atoms with E-state index in [0.717, 1.165) is 16.8 Å². The van der Waals surface area contributed by atoms with Gasteiger partial charge in [-0.1, -0.05) is 23.7 Å². The lowest BCUT2D eigenvalue weighted by molar-refractivity contribution is -0.461. The fourth-order valence-corrected chi connectivity index (χ4v) is 3.63. The third-order valence-electron chi connectivity index (χ3n) is 4.81. The Morgan fingerprint density at radius 2 is 2.07 bits per heavy atom. The summed E-state index contributed by atoms with van der Waals surface area (Å²) in [5.74, 6) is 5.19. The van der Waals surface area contributed by atoms with Crippen LogP contribution in [0, 0.1) is 11.3 Å². The molecule has 27 heavy (non-hydrogen) atoms. The Balaban J connectivity index is 1.67. The van der Waals surface area contributed by atoms with Gasteiger partial charge in [-0.05, 0) is 36.1 Å². The van der Waals surface area contributed by atoms with Crippen LogP contribution in [0.5, 0.6) is 0 Å². The molecule has 3 rings (SSSR count). The number of likely N-dealkylation sites (tertiary alicyclic amines) is 1. The Labute approximate surface area is 163 Å². The Kier molecular flexibility index (Phi) is 6.09. The van der Waals surface area contributed by atoms with Crippen molar-refractivity contribution < 1.29 is 9.79 Å². The minimum absolute atomic E-state index is 0.0136. The quantitative estimate of drug-likeness (QED) is 0.337. The first-order chi connectivity index (χ1) is 13.1. The van der Waals surface area contributed by atoms with Gasteiger partial charge in [-0.2, -0.15) is 10.4 Å². The zero-order chi connectivity index (χ0) is 19.2. The molecular weight excluding hydrogens is 364 g/mol. The summed E-state index contributed by atoms with van der Waals surface area (Å²) >= 11 is 6.06. The summed E-state index contributed by atoms with van der Waals surface area (Å²) in [7, 11) is 0. The zero-order valence-corrected chi connectivity index (χ0v) is 15.7. The highest BCUT2D eigenvalue weighted by Gasteiger charge is 2.29. The number of urea groups is 1. The first-order valence-electron chi connectivity index (χ1n) is 8.87. The third-order valence-corrected chi connectivity index (χ3v) is 5.05. The molecule has 1 aromatic rings. The number of nitriles is 1. The molecule has 1 aromatic carbocycles. The molecular formula is C19H22ClN6O+. The average Bonchev–Trinajstić information content (AvgIpc) is 2.69. The minimum atomic E-state index is 0.0136. The SMILES string of the molecule is N#CC(=C1CCN(C(=O)N2CC[NH+]=C(/C=N\N)C2)CC1)c1cccc(Cl)c1. The van der Waals surface area contributed by atoms with Crippen molar-refractivity contribution in [1.29, 1.82) is 5.26 Å². The number of piperidine rings is 1. The van der Waals surface area contributed by atoms with Gasteiger partial charge in [0.05, 0.1) is 18.2 Å². The number of nitrogens with zero attached hydrogens (tertiary/aromatic N) is 4. The molecule has 0 aromatic heterocycles. The van der Waals surface area contributed by atoms with Crippen molar-refractivity contribution in [2.45, 2.75) is 12.8 Å². The van der Waals surface area contributed by atoms with Crippen molar-refractivity contribution in [2.75, 3.05) is 32.7 Å². The van der Waals surface area contributed by atoms with Crippen LogP contribution in [-0.2, 0) is 0 Å². The van der Waals surface area contributed by atoms with E-state index in [1.807, 2.05) is 23.1 Å². The van der Waals surface area contributed by atoms with Crippen molar-refractivity contribution in [2.24, 2.45) is 10.9 Å². The van der Waals surface area contributed by atoms with Crippen molar-refractivity contribution in [3.63, 3.8) is 0 Å². The second-order valence-corrected chi connectivity index (χ2v) is 6.96. The summed E-state index contributed by atoms with van der Waals surface area (Å²) < 4.78 is 0. The number of benzene rings is 1. The normalized spacial score (nSPS) is 17.6. The highest BCUT2D eigenvalue weighted by Crippen LogP contribution is 2.28. The highest BCUT2D eigenvalue weighted by molar-refractivity contribution is 6.30. The lowest BCUT2D eigenvalue weighted by Gasteiger charge is -2.34. The molecule has 8 heteroatoms. The van der Waals surface area contributed by atoms with Gasteiger partial charge in [0.15, 0.2) is 6.54 Å². The number of carbonyl (C=O) groups excluding carboxylic acids is 1. The van der Waals surface area contributed by atoms with Gasteiger partial charge in [-0.15, -0.1) is 0 Å². The number of halogens is 1. The van der Waals surface area contributed by atoms with Crippen LogP contribution in [0.3, 0.4) is 0 Å². The summed E-state index contributed by atoms with van der Waals surface area (Å²) in [4.78, 5) is 19.6. The van der Waals surface area contributed by atoms with Gasteiger partial charge in [-0.3, -0.25) is 0 Å². The molecule has 0 bridgehead atoms. The van der Waals surface area contributed by atoms with Crippen LogP contribution in [0.1, 0.15) is 18.4 Å². The molecule has 0 aliphatic carbocycles. The number of rotatable bonds is 2. The van der Waals surface area contributed by atoms with Crippen molar-refractivity contribution in [3.05, 3.63) is 40.4 Å². The number of nitrogens with one attached hydrogen (secondary N) is 1. The molecule has 0 unspecified atom stereocenters. The van der Waals surface area contributed by atoms with Crippen LogP contribution in [0.2, 0.25) is 5.02 Å². The molecule has 0 radical (unpaired) electrons. The van der Waals surface area contributed by atoms with Crippen molar-refractivity contribution in [1.82, 2.24) is 9.80 Å². The Morgan fingerprint density at radius 3 is 2.74 bits per heavy atom. The summed E-state index contributed by atoms with van der Waals surface area (Å²) in [5, 5.41) is 13.7. The summed E-state index contributed by atoms with van der Waals surface area (Å²) in [6.07, 6.45) is 2.92. The molecule has 2 amide bonds. The van der Waals surface area contributed by atoms with Gasteiger partial charge < -0.3 is 15.6 Å². The summed E-state index contributed by atoms with van der Waals surface area (Å²) in [6, 6.07) is 9.66. The summed E-state index contributed by atoms with van der Waals surface area (Å²) in [6.45, 7) is 3.00. The predicted octanol–water partition coefficient (Wildman–Crippen LogP) is 0.615. The lowest BCUT2D eigenvalue weighted by atomic mass is 9.94. The molecule has 1 fully saturated rings. The van der Waals surface area contributed by atoms with Gasteiger partial charge >= 0.3 is 6.03 Å². The van der Waals surface area contributed by atoms with E-state index in [2.05, 4.69) is 16.2 Å². The molecule has 0 spiro atoms. The highest BCUT2D eigenvalue weighted by atomic mass is 35.5. The van der Waals surface area contributed by atoms with Gasteiger partial charge in [-0.25, -0.2) is 9.79 Å². The number of nitrogens with two attached hydrogens (primary N) is 1. The molecule has 0 atom stereocenters. The fourth-order valence-electron chi connectivity index (χ4n) is 3.44. The molecule has 3 N–H and O–H groups in total. The number of hydrogen-bond donors (Lipinski definition) is 2. The van der Waals surface area contributed by atoms with Crippen LogP contribution < -0.4 is 10.8 Å². The van der Waals surface area contributed by atoms with Gasteiger partial charge in [0, 0.05) is 18.1 Å². The average molecular weight is 386 g/mol. The number of amides is 2. The second kappa shape index (κ2) is 8.69. The molecule has 2 aliphatic heterocycles. The fraction of sp³-hybridized carbons (Fsp3) is 0.368. The Hall–Kier alpha value is -2.85. The standard InChI is InChI=1S/C19H21ClN6O/c20-16-3-1-2-15(10-16)18(11-21)14-4-7-25(8-5-14)19(27)26-9-6-23-17(13-26)12-24-22/h1-3,10,12H,4-9,13,22H2/p+1/b24-12-. The maximum Gasteiger partial charge on any atom is 0.320 e. The minimum Gasteiger partial charge on any atom is -0.324 e. The second-order valence-electron chi connectivity index (χ2n) is 6.52. The van der Waals surface area contributed by atoms with Gasteiger partial charge in [0.2, 0.25) is 5.71 Å². The first-order valence-corrected chi connectivity index (χ1v) is 9.25. The van der Waals surface area contributed by atoms with E-state index in [-0.39, 0.29) is 6.03 Å². The molecule has 0 saturated carbocycles. The molecule has 2 heterocycles. The number of carbonyl (C=O) groups is 1. The largest absolute Gasteiger partial charge is 0.324 e. The molecule has 140 valence electrons. The van der Waals surface area contributed by atoms with Crippen LogP contribution in [0.15, 0.2) is 34.9 Å². The first kappa shape index (κ1) is 18.9. The van der Waals surface area contributed by atoms with Crippen LogP contribution >= 0.6 is 11.6 Å². The van der Waals surface area contributed by atoms with Crippen molar-refractivity contribution >= 4 is 35.1 Å². The maximum absolute atomic E-state index is 12.8. The Bertz CT molecular complexity index is 844. The Morgan fingerprint density at radius 1 is 1.30 bits per heavy atom. The smallest absolute Gasteiger partial charge is 0.320 e. The predicted molar refractivity (Wildman–Crippen MR) is 105 cm³/mol. The van der Waals surface area contributed by atoms with E-state index in [1.165, 1.54) is 0 Å². The number of hydrazone groups is 1. The number of hydrogen-bond acceptors (Lipinski definition) is 4. The summed E-state index contributed by atoms with van der Waals surface area (Å²) in [5.41, 5.74) is 3.41. The van der Waals surface area contributed by atoms with E-state index in [1.54, 1.807) is 17.2 Å². The third kappa shape index (κ3) is 4.47. The maximum atomic E-state index is 12.8. The van der Waals surface area contributed by atoms with Crippen LogP contribution in [0.25, 0.3) is 5.57 Å². The van der Waals surface area contributed by atoms with E-state index < -0.39 is 0 Å². The molecule has 7 nitrogen and oxygen atoms in total.